The fourth-order valence-electron chi connectivity index (χ4n) is 1.37. The topological polar surface area (TPSA) is 67.2 Å². The zero-order chi connectivity index (χ0) is 12.3. The van der Waals surface area contributed by atoms with E-state index in [-0.39, 0.29) is 0 Å². The van der Waals surface area contributed by atoms with Gasteiger partial charge in [0.25, 0.3) is 0 Å². The van der Waals surface area contributed by atoms with Crippen LogP contribution in [-0.4, -0.2) is 19.8 Å². The molecule has 0 unspecified atom stereocenters. The third-order valence-electron chi connectivity index (χ3n) is 2.13. The summed E-state index contributed by atoms with van der Waals surface area (Å²) in [6, 6.07) is 8.08. The van der Waals surface area contributed by atoms with Crippen LogP contribution in [0.15, 0.2) is 29.4 Å². The molecule has 0 fully saturated rings. The summed E-state index contributed by atoms with van der Waals surface area (Å²) in [7, 11) is 0. The molecule has 5 nitrogen and oxygen atoms in total. The Morgan fingerprint density at radius 2 is 1.94 bits per heavy atom. The summed E-state index contributed by atoms with van der Waals surface area (Å²) in [6.45, 7) is 4.66. The Morgan fingerprint density at radius 3 is 2.59 bits per heavy atom. The Bertz CT molecular complexity index is 376. The lowest BCUT2D eigenvalue weighted by atomic mass is 10.1. The molecule has 0 bridgehead atoms. The number of hydrogen-bond acceptors (Lipinski definition) is 3. The summed E-state index contributed by atoms with van der Waals surface area (Å²) in [5, 5.41) is 3.40. The number of hydrogen-bond donors (Lipinski definition) is 0. The van der Waals surface area contributed by atoms with E-state index in [1.165, 1.54) is 0 Å². The summed E-state index contributed by atoms with van der Waals surface area (Å²) >= 11 is 0. The minimum absolute atomic E-state index is 0.370. The van der Waals surface area contributed by atoms with Gasteiger partial charge >= 0.3 is 0 Å². The smallest absolute Gasteiger partial charge is 0.0716 e. The molecule has 0 heterocycles. The van der Waals surface area contributed by atoms with E-state index in [1.54, 1.807) is 0 Å². The van der Waals surface area contributed by atoms with Gasteiger partial charge in [0.15, 0.2) is 0 Å². The van der Waals surface area contributed by atoms with Crippen LogP contribution in [0.1, 0.15) is 18.1 Å². The van der Waals surface area contributed by atoms with Gasteiger partial charge in [-0.25, -0.2) is 0 Å². The highest BCUT2D eigenvalue weighted by molar-refractivity contribution is 5.22. The van der Waals surface area contributed by atoms with Crippen molar-refractivity contribution in [1.29, 1.82) is 0 Å². The van der Waals surface area contributed by atoms with E-state index in [2.05, 4.69) is 16.1 Å². The molecule has 92 valence electrons. The van der Waals surface area contributed by atoms with Crippen molar-refractivity contribution < 1.29 is 9.47 Å². The molecule has 0 aromatic heterocycles. The first-order chi connectivity index (χ1) is 8.36. The molecule has 0 radical (unpaired) electrons. The average Bonchev–Trinajstić information content (AvgIpc) is 2.37. The first-order valence-electron chi connectivity index (χ1n) is 5.61. The molecule has 0 atom stereocenters. The highest BCUT2D eigenvalue weighted by Gasteiger charge is 1.96. The van der Waals surface area contributed by atoms with Crippen LogP contribution < -0.4 is 0 Å². The number of azide groups is 1. The summed E-state index contributed by atoms with van der Waals surface area (Å²) in [5.74, 6) is 0. The number of benzene rings is 1. The molecule has 1 aromatic carbocycles. The Kier molecular flexibility index (Phi) is 6.82. The van der Waals surface area contributed by atoms with Crippen LogP contribution >= 0.6 is 0 Å². The molecule has 0 aliphatic rings. The van der Waals surface area contributed by atoms with Gasteiger partial charge in [0.2, 0.25) is 0 Å². The van der Waals surface area contributed by atoms with Gasteiger partial charge in [-0.05, 0) is 23.6 Å². The van der Waals surface area contributed by atoms with Crippen molar-refractivity contribution in [2.45, 2.75) is 20.1 Å². The fraction of sp³-hybridized carbons (Fsp3) is 0.500. The van der Waals surface area contributed by atoms with Gasteiger partial charge in [-0.1, -0.05) is 29.4 Å². The molecule has 0 aliphatic heterocycles. The standard InChI is InChI=1S/C12H17N3O2/c1-2-16-9-11-4-3-5-12(8-11)10-17-7-6-14-15-13/h3-5,8H,2,6-7,9-10H2,1H3. The molecular formula is C12H17N3O2. The minimum Gasteiger partial charge on any atom is -0.377 e. The predicted octanol–water partition coefficient (Wildman–Crippen LogP) is 3.05. The van der Waals surface area contributed by atoms with E-state index >= 15 is 0 Å². The summed E-state index contributed by atoms with van der Waals surface area (Å²) in [5.41, 5.74) is 10.3. The number of nitrogens with zero attached hydrogens (tertiary/aromatic N) is 3. The van der Waals surface area contributed by atoms with E-state index in [0.717, 1.165) is 11.1 Å². The lowest BCUT2D eigenvalue weighted by Gasteiger charge is -2.06. The second-order valence-corrected chi connectivity index (χ2v) is 3.46. The maximum Gasteiger partial charge on any atom is 0.0716 e. The van der Waals surface area contributed by atoms with Gasteiger partial charge in [-0.15, -0.1) is 0 Å². The van der Waals surface area contributed by atoms with Crippen molar-refractivity contribution in [3.05, 3.63) is 45.8 Å². The number of ether oxygens (including phenoxy) is 2. The van der Waals surface area contributed by atoms with Crippen LogP contribution in [-0.2, 0) is 22.7 Å². The quantitative estimate of drug-likeness (QED) is 0.301. The van der Waals surface area contributed by atoms with Gasteiger partial charge in [-0.2, -0.15) is 0 Å². The highest BCUT2D eigenvalue weighted by Crippen LogP contribution is 2.07. The van der Waals surface area contributed by atoms with Crippen LogP contribution in [0.2, 0.25) is 0 Å². The fourth-order valence-corrected chi connectivity index (χ4v) is 1.37. The van der Waals surface area contributed by atoms with Crippen LogP contribution in [0.3, 0.4) is 0 Å². The van der Waals surface area contributed by atoms with E-state index < -0.39 is 0 Å². The molecule has 0 saturated heterocycles. The molecule has 17 heavy (non-hydrogen) atoms. The molecule has 0 saturated carbocycles. The second-order valence-electron chi connectivity index (χ2n) is 3.46. The summed E-state index contributed by atoms with van der Waals surface area (Å²) in [6.07, 6.45) is 0. The lowest BCUT2D eigenvalue weighted by Crippen LogP contribution is -1.99. The first kappa shape index (κ1) is 13.5. The number of rotatable bonds is 8. The second kappa shape index (κ2) is 8.58. The normalized spacial score (nSPS) is 9.94. The maximum absolute atomic E-state index is 8.09. The monoisotopic (exact) mass is 235 g/mol. The average molecular weight is 235 g/mol. The van der Waals surface area contributed by atoms with Crippen molar-refractivity contribution in [2.75, 3.05) is 19.8 Å². The molecule has 0 N–H and O–H groups in total. The Balaban J connectivity index is 2.34. The zero-order valence-corrected chi connectivity index (χ0v) is 10.0. The van der Waals surface area contributed by atoms with Gasteiger partial charge < -0.3 is 9.47 Å². The van der Waals surface area contributed by atoms with Crippen molar-refractivity contribution in [1.82, 2.24) is 0 Å². The third kappa shape index (κ3) is 5.92. The molecule has 1 rings (SSSR count). The molecular weight excluding hydrogens is 218 g/mol. The molecule has 1 aromatic rings. The van der Waals surface area contributed by atoms with Crippen LogP contribution in [0.25, 0.3) is 10.4 Å². The SMILES string of the molecule is CCOCc1cccc(COCCN=[N+]=[N-])c1. The van der Waals surface area contributed by atoms with Crippen molar-refractivity contribution >= 4 is 0 Å². The Hall–Kier alpha value is -1.55. The molecule has 5 heteroatoms. The van der Waals surface area contributed by atoms with E-state index in [0.29, 0.717) is 33.0 Å². The molecule has 0 aliphatic carbocycles. The third-order valence-corrected chi connectivity index (χ3v) is 2.13. The minimum atomic E-state index is 0.370. The Labute approximate surface area is 101 Å². The van der Waals surface area contributed by atoms with Crippen molar-refractivity contribution in [3.8, 4) is 0 Å². The first-order valence-corrected chi connectivity index (χ1v) is 5.61. The maximum atomic E-state index is 8.09. The summed E-state index contributed by atoms with van der Waals surface area (Å²) in [4.78, 5) is 2.66. The van der Waals surface area contributed by atoms with Crippen molar-refractivity contribution in [3.63, 3.8) is 0 Å². The molecule has 0 spiro atoms. The summed E-state index contributed by atoms with van der Waals surface area (Å²) < 4.78 is 10.7. The molecule has 0 amide bonds. The van der Waals surface area contributed by atoms with Gasteiger partial charge in [0, 0.05) is 18.1 Å². The van der Waals surface area contributed by atoms with E-state index in [1.807, 2.05) is 25.1 Å². The largest absolute Gasteiger partial charge is 0.377 e. The highest BCUT2D eigenvalue weighted by atomic mass is 16.5. The zero-order valence-electron chi connectivity index (χ0n) is 10.0. The van der Waals surface area contributed by atoms with Crippen molar-refractivity contribution in [2.24, 2.45) is 5.11 Å². The van der Waals surface area contributed by atoms with Crippen LogP contribution in [0, 0.1) is 0 Å². The van der Waals surface area contributed by atoms with E-state index in [9.17, 15) is 0 Å². The van der Waals surface area contributed by atoms with Gasteiger partial charge in [-0.3, -0.25) is 0 Å². The van der Waals surface area contributed by atoms with E-state index in [4.69, 9.17) is 15.0 Å². The van der Waals surface area contributed by atoms with Crippen LogP contribution in [0.4, 0.5) is 0 Å². The van der Waals surface area contributed by atoms with Gasteiger partial charge in [0.05, 0.1) is 19.8 Å². The lowest BCUT2D eigenvalue weighted by molar-refractivity contribution is 0.126. The Morgan fingerprint density at radius 1 is 1.24 bits per heavy atom. The van der Waals surface area contributed by atoms with Crippen LogP contribution in [0.5, 0.6) is 0 Å². The van der Waals surface area contributed by atoms with Gasteiger partial charge in [0.1, 0.15) is 0 Å². The predicted molar refractivity (Wildman–Crippen MR) is 65.4 cm³/mol.